The van der Waals surface area contributed by atoms with Crippen molar-refractivity contribution in [1.82, 2.24) is 5.16 Å². The molecule has 0 spiro atoms. The molecule has 6 heteroatoms. The van der Waals surface area contributed by atoms with E-state index in [-0.39, 0.29) is 11.6 Å². The van der Waals surface area contributed by atoms with Crippen molar-refractivity contribution in [3.8, 4) is 11.3 Å². The van der Waals surface area contributed by atoms with Gasteiger partial charge in [0.2, 0.25) is 5.88 Å². The van der Waals surface area contributed by atoms with Crippen molar-refractivity contribution in [2.45, 2.75) is 11.3 Å². The van der Waals surface area contributed by atoms with Crippen molar-refractivity contribution in [2.75, 3.05) is 11.5 Å². The number of hydrogen-bond donors (Lipinski definition) is 1. The first-order chi connectivity index (χ1) is 8.06. The topological polar surface area (TPSA) is 86.2 Å². The monoisotopic (exact) mass is 250 g/mol. The molecule has 0 fully saturated rings. The van der Waals surface area contributed by atoms with E-state index in [2.05, 4.69) is 5.16 Å². The molecule has 88 valence electrons. The minimum Gasteiger partial charge on any atom is -0.368 e. The lowest BCUT2D eigenvalue weighted by Gasteiger charge is -2.00. The number of aromatic nitrogens is 1. The largest absolute Gasteiger partial charge is 0.368 e. The Bertz CT molecular complexity index is 688. The van der Waals surface area contributed by atoms with Gasteiger partial charge in [0.15, 0.2) is 9.84 Å². The number of aryl methyl sites for hydroxylation is 1. The molecule has 1 aromatic heterocycles. The minimum absolute atomic E-state index is 0.187. The molecule has 0 aliphatic carbocycles. The molecule has 2 aromatic rings. The number of anilines is 1. The van der Waals surface area contributed by atoms with Crippen molar-refractivity contribution >= 4 is 15.7 Å². The molecular weight excluding hydrogens is 240 g/mol. The Balaban J connectivity index is 2.12. The van der Waals surface area contributed by atoms with Crippen molar-refractivity contribution in [3.05, 3.63) is 29.8 Å². The van der Waals surface area contributed by atoms with Crippen LogP contribution in [-0.4, -0.2) is 19.3 Å². The third-order valence-electron chi connectivity index (χ3n) is 2.86. The van der Waals surface area contributed by atoms with Crippen LogP contribution in [0.4, 0.5) is 5.88 Å². The van der Waals surface area contributed by atoms with E-state index >= 15 is 0 Å². The first-order valence-electron chi connectivity index (χ1n) is 5.14. The summed E-state index contributed by atoms with van der Waals surface area (Å²) in [4.78, 5) is 0.428. The lowest BCUT2D eigenvalue weighted by Crippen LogP contribution is -1.98. The molecule has 1 aliphatic rings. The third-order valence-corrected chi connectivity index (χ3v) is 4.67. The molecule has 0 amide bonds. The van der Waals surface area contributed by atoms with E-state index in [9.17, 15) is 8.42 Å². The number of rotatable bonds is 1. The van der Waals surface area contributed by atoms with E-state index in [0.717, 1.165) is 11.1 Å². The zero-order valence-electron chi connectivity index (χ0n) is 8.88. The summed E-state index contributed by atoms with van der Waals surface area (Å²) in [5.41, 5.74) is 7.72. The summed E-state index contributed by atoms with van der Waals surface area (Å²) < 4.78 is 28.1. The van der Waals surface area contributed by atoms with Crippen LogP contribution in [0.25, 0.3) is 11.3 Å². The first-order valence-corrected chi connectivity index (χ1v) is 6.80. The highest BCUT2D eigenvalue weighted by Gasteiger charge is 2.26. The van der Waals surface area contributed by atoms with Crippen LogP contribution in [0.15, 0.2) is 33.7 Å². The van der Waals surface area contributed by atoms with Crippen LogP contribution < -0.4 is 5.73 Å². The second kappa shape index (κ2) is 3.33. The van der Waals surface area contributed by atoms with E-state index in [0.29, 0.717) is 17.0 Å². The molecule has 1 aliphatic heterocycles. The van der Waals surface area contributed by atoms with Crippen molar-refractivity contribution < 1.29 is 12.9 Å². The lowest BCUT2D eigenvalue weighted by molar-refractivity contribution is 0.439. The molecule has 2 N–H and O–H groups in total. The Kier molecular flexibility index (Phi) is 2.03. The second-order valence-electron chi connectivity index (χ2n) is 4.01. The quantitative estimate of drug-likeness (QED) is 0.823. The van der Waals surface area contributed by atoms with Crippen LogP contribution in [0.5, 0.6) is 0 Å². The molecule has 2 heterocycles. The van der Waals surface area contributed by atoms with Crippen molar-refractivity contribution in [2.24, 2.45) is 0 Å². The fourth-order valence-corrected chi connectivity index (χ4v) is 3.56. The van der Waals surface area contributed by atoms with Gasteiger partial charge >= 0.3 is 0 Å². The number of sulfone groups is 1. The van der Waals surface area contributed by atoms with Crippen LogP contribution >= 0.6 is 0 Å². The van der Waals surface area contributed by atoms with Gasteiger partial charge in [-0.15, -0.1) is 0 Å². The van der Waals surface area contributed by atoms with Gasteiger partial charge in [0.1, 0.15) is 5.69 Å². The Hall–Kier alpha value is -1.82. The molecule has 5 nitrogen and oxygen atoms in total. The summed E-state index contributed by atoms with van der Waals surface area (Å²) in [6.45, 7) is 0. The maximum absolute atomic E-state index is 11.7. The molecule has 0 radical (unpaired) electrons. The molecule has 1 aromatic carbocycles. The third kappa shape index (κ3) is 1.61. The zero-order chi connectivity index (χ0) is 12.0. The normalized spacial score (nSPS) is 16.9. The molecular formula is C11H10N2O3S. The molecule has 17 heavy (non-hydrogen) atoms. The van der Waals surface area contributed by atoms with Crippen LogP contribution in [0.3, 0.4) is 0 Å². The predicted molar refractivity (Wildman–Crippen MR) is 62.1 cm³/mol. The van der Waals surface area contributed by atoms with Crippen molar-refractivity contribution in [1.29, 1.82) is 0 Å². The van der Waals surface area contributed by atoms with Gasteiger partial charge in [0, 0.05) is 11.6 Å². The fourth-order valence-electron chi connectivity index (χ4n) is 2.02. The Labute approximate surface area is 98.1 Å². The van der Waals surface area contributed by atoms with Crippen LogP contribution in [0.1, 0.15) is 5.56 Å². The number of benzene rings is 1. The van der Waals surface area contributed by atoms with E-state index in [1.807, 2.05) is 6.07 Å². The zero-order valence-corrected chi connectivity index (χ0v) is 9.70. The smallest absolute Gasteiger partial charge is 0.222 e. The van der Waals surface area contributed by atoms with Gasteiger partial charge in [-0.1, -0.05) is 11.2 Å². The summed E-state index contributed by atoms with van der Waals surface area (Å²) in [5.74, 6) is 0.431. The van der Waals surface area contributed by atoms with E-state index in [1.165, 1.54) is 0 Å². The van der Waals surface area contributed by atoms with E-state index in [4.69, 9.17) is 10.3 Å². The van der Waals surface area contributed by atoms with Gasteiger partial charge < -0.3 is 10.3 Å². The fraction of sp³-hybridized carbons (Fsp3) is 0.182. The van der Waals surface area contributed by atoms with E-state index in [1.54, 1.807) is 18.2 Å². The molecule has 0 atom stereocenters. The number of nitrogen functional groups attached to an aromatic ring is 1. The summed E-state index contributed by atoms with van der Waals surface area (Å²) in [7, 11) is -3.07. The van der Waals surface area contributed by atoms with Gasteiger partial charge in [-0.2, -0.15) is 0 Å². The number of nitrogens with two attached hydrogens (primary N) is 1. The first kappa shape index (κ1) is 10.3. The van der Waals surface area contributed by atoms with Gasteiger partial charge in [-0.3, -0.25) is 0 Å². The number of fused-ring (bicyclic) bond motifs is 1. The highest BCUT2D eigenvalue weighted by molar-refractivity contribution is 7.91. The van der Waals surface area contributed by atoms with Gasteiger partial charge in [-0.05, 0) is 24.1 Å². The molecule has 0 unspecified atom stereocenters. The average molecular weight is 250 g/mol. The summed E-state index contributed by atoms with van der Waals surface area (Å²) in [6.07, 6.45) is 0.554. The van der Waals surface area contributed by atoms with Crippen LogP contribution in [0.2, 0.25) is 0 Å². The Morgan fingerprint density at radius 1 is 1.29 bits per heavy atom. The van der Waals surface area contributed by atoms with Crippen LogP contribution in [0, 0.1) is 0 Å². The number of nitrogens with zero attached hydrogens (tertiary/aromatic N) is 1. The molecule has 0 saturated heterocycles. The maximum atomic E-state index is 11.7. The Morgan fingerprint density at radius 3 is 2.82 bits per heavy atom. The Morgan fingerprint density at radius 2 is 2.12 bits per heavy atom. The standard InChI is InChI=1S/C11H10N2O3S/c12-11-6-9(13-16-11)7-1-2-10-8(5-7)3-4-17(10,14)15/h1-2,5-6H,3-4,12H2. The number of hydrogen-bond acceptors (Lipinski definition) is 5. The average Bonchev–Trinajstić information content (AvgIpc) is 2.84. The minimum atomic E-state index is -3.07. The van der Waals surface area contributed by atoms with Gasteiger partial charge in [-0.25, -0.2) is 8.42 Å². The molecule has 0 saturated carbocycles. The van der Waals surface area contributed by atoms with Gasteiger partial charge in [0.05, 0.1) is 10.6 Å². The molecule has 0 bridgehead atoms. The van der Waals surface area contributed by atoms with Crippen molar-refractivity contribution in [3.63, 3.8) is 0 Å². The SMILES string of the molecule is Nc1cc(-c2ccc3c(c2)CCS3(=O)=O)no1. The second-order valence-corrected chi connectivity index (χ2v) is 6.08. The summed E-state index contributed by atoms with van der Waals surface area (Å²) >= 11 is 0. The lowest BCUT2D eigenvalue weighted by atomic mass is 10.1. The molecule has 3 rings (SSSR count). The van der Waals surface area contributed by atoms with E-state index < -0.39 is 9.84 Å². The predicted octanol–water partition coefficient (Wildman–Crippen LogP) is 1.25. The maximum Gasteiger partial charge on any atom is 0.222 e. The summed E-state index contributed by atoms with van der Waals surface area (Å²) in [5, 5.41) is 3.80. The highest BCUT2D eigenvalue weighted by atomic mass is 32.2. The summed E-state index contributed by atoms with van der Waals surface area (Å²) in [6, 6.07) is 6.79. The van der Waals surface area contributed by atoms with Gasteiger partial charge in [0.25, 0.3) is 0 Å². The van der Waals surface area contributed by atoms with Crippen LogP contribution in [-0.2, 0) is 16.3 Å². The highest BCUT2D eigenvalue weighted by Crippen LogP contribution is 2.30.